The highest BCUT2D eigenvalue weighted by Crippen LogP contribution is 2.14. The Bertz CT molecular complexity index is 497. The Labute approximate surface area is 120 Å². The summed E-state index contributed by atoms with van der Waals surface area (Å²) >= 11 is 1.62. The number of urea groups is 1. The molecular formula is C13H17FN2O3S. The van der Waals surface area contributed by atoms with E-state index in [-0.39, 0.29) is 11.7 Å². The molecule has 0 saturated heterocycles. The van der Waals surface area contributed by atoms with Gasteiger partial charge in [-0.3, -0.25) is 0 Å². The molecule has 5 nitrogen and oxygen atoms in total. The summed E-state index contributed by atoms with van der Waals surface area (Å²) in [6.07, 6.45) is 2.74. The smallest absolute Gasteiger partial charge is 0.338 e. The van der Waals surface area contributed by atoms with Crippen LogP contribution in [0, 0.1) is 5.82 Å². The molecule has 20 heavy (non-hydrogen) atoms. The second kappa shape index (κ2) is 7.74. The molecule has 0 bridgehead atoms. The number of thioether (sulfide) groups is 1. The molecule has 1 atom stereocenters. The topological polar surface area (TPSA) is 78.4 Å². The maximum atomic E-state index is 13.4. The third-order valence-corrected chi connectivity index (χ3v) is 3.39. The Morgan fingerprint density at radius 3 is 2.65 bits per heavy atom. The van der Waals surface area contributed by atoms with E-state index in [4.69, 9.17) is 5.11 Å². The van der Waals surface area contributed by atoms with Crippen LogP contribution in [-0.4, -0.2) is 35.2 Å². The zero-order valence-electron chi connectivity index (χ0n) is 11.3. The van der Waals surface area contributed by atoms with Gasteiger partial charge in [-0.1, -0.05) is 6.92 Å². The summed E-state index contributed by atoms with van der Waals surface area (Å²) in [4.78, 5) is 22.4. The molecule has 1 aromatic rings. The number of nitrogens with one attached hydrogen (secondary N) is 2. The normalized spacial score (nSPS) is 11.8. The second-order valence-corrected chi connectivity index (χ2v) is 5.07. The Morgan fingerprint density at radius 2 is 2.15 bits per heavy atom. The summed E-state index contributed by atoms with van der Waals surface area (Å²) in [5.74, 6) is -1.44. The fraction of sp³-hybridized carbons (Fsp3) is 0.385. The molecule has 0 spiro atoms. The Kier molecular flexibility index (Phi) is 6.30. The fourth-order valence-electron chi connectivity index (χ4n) is 1.58. The molecule has 0 aliphatic heterocycles. The first kappa shape index (κ1) is 16.3. The molecule has 1 rings (SSSR count). The van der Waals surface area contributed by atoms with Crippen molar-refractivity contribution in [1.29, 1.82) is 0 Å². The van der Waals surface area contributed by atoms with E-state index in [1.54, 1.807) is 11.8 Å². The Hall–Kier alpha value is -1.76. The molecule has 0 heterocycles. The van der Waals surface area contributed by atoms with Crippen molar-refractivity contribution in [1.82, 2.24) is 5.32 Å². The number of amides is 2. The highest BCUT2D eigenvalue weighted by Gasteiger charge is 2.13. The number of hydrogen-bond donors (Lipinski definition) is 3. The lowest BCUT2D eigenvalue weighted by molar-refractivity contribution is 0.0692. The average Bonchev–Trinajstić information content (AvgIpc) is 2.37. The molecule has 0 aliphatic rings. The molecule has 0 fully saturated rings. The zero-order valence-corrected chi connectivity index (χ0v) is 12.1. The second-order valence-electron chi connectivity index (χ2n) is 4.16. The van der Waals surface area contributed by atoms with Gasteiger partial charge in [-0.25, -0.2) is 14.0 Å². The van der Waals surface area contributed by atoms with E-state index >= 15 is 0 Å². The van der Waals surface area contributed by atoms with Gasteiger partial charge in [0.15, 0.2) is 0 Å². The monoisotopic (exact) mass is 300 g/mol. The van der Waals surface area contributed by atoms with Gasteiger partial charge >= 0.3 is 12.0 Å². The van der Waals surface area contributed by atoms with Gasteiger partial charge in [-0.15, -0.1) is 0 Å². The molecule has 1 aromatic carbocycles. The Balaban J connectivity index is 2.66. The molecule has 7 heteroatoms. The molecular weight excluding hydrogens is 283 g/mol. The lowest BCUT2D eigenvalue weighted by atomic mass is 10.2. The first-order chi connectivity index (χ1) is 9.47. The molecule has 110 valence electrons. The van der Waals surface area contributed by atoms with Crippen molar-refractivity contribution in [3.05, 3.63) is 29.6 Å². The third-order valence-electron chi connectivity index (χ3n) is 2.65. The van der Waals surface area contributed by atoms with Crippen LogP contribution in [0.5, 0.6) is 0 Å². The van der Waals surface area contributed by atoms with Crippen LogP contribution in [-0.2, 0) is 0 Å². The van der Waals surface area contributed by atoms with Crippen molar-refractivity contribution >= 4 is 29.4 Å². The van der Waals surface area contributed by atoms with Gasteiger partial charge in [0.1, 0.15) is 5.82 Å². The van der Waals surface area contributed by atoms with Crippen molar-refractivity contribution in [2.75, 3.05) is 17.3 Å². The Morgan fingerprint density at radius 1 is 1.45 bits per heavy atom. The van der Waals surface area contributed by atoms with Crippen LogP contribution in [0.4, 0.5) is 14.9 Å². The third kappa shape index (κ3) is 4.73. The fourth-order valence-corrected chi connectivity index (χ4v) is 2.30. The number of benzene rings is 1. The van der Waals surface area contributed by atoms with E-state index in [9.17, 15) is 14.0 Å². The van der Waals surface area contributed by atoms with Crippen molar-refractivity contribution in [3.8, 4) is 0 Å². The van der Waals surface area contributed by atoms with E-state index in [2.05, 4.69) is 10.6 Å². The molecule has 0 aliphatic carbocycles. The van der Waals surface area contributed by atoms with Crippen LogP contribution in [0.2, 0.25) is 0 Å². The van der Waals surface area contributed by atoms with Crippen LogP contribution in [0.15, 0.2) is 18.2 Å². The minimum atomic E-state index is -1.34. The maximum Gasteiger partial charge on any atom is 0.338 e. The van der Waals surface area contributed by atoms with E-state index in [1.807, 2.05) is 13.2 Å². The number of aromatic carboxylic acids is 1. The van der Waals surface area contributed by atoms with Gasteiger partial charge in [0.2, 0.25) is 0 Å². The minimum absolute atomic E-state index is 0.0353. The number of hydrogen-bond acceptors (Lipinski definition) is 3. The van der Waals surface area contributed by atoms with Crippen molar-refractivity contribution in [3.63, 3.8) is 0 Å². The SMILES string of the molecule is CCC(CSC)NC(=O)Nc1ccc(C(=O)O)c(F)c1. The molecule has 1 unspecified atom stereocenters. The molecule has 2 amide bonds. The highest BCUT2D eigenvalue weighted by molar-refractivity contribution is 7.98. The van der Waals surface area contributed by atoms with Crippen LogP contribution in [0.1, 0.15) is 23.7 Å². The van der Waals surface area contributed by atoms with Gasteiger partial charge in [0, 0.05) is 17.5 Å². The first-order valence-corrected chi connectivity index (χ1v) is 7.46. The zero-order chi connectivity index (χ0) is 15.1. The summed E-state index contributed by atoms with van der Waals surface area (Å²) in [7, 11) is 0. The predicted molar refractivity (Wildman–Crippen MR) is 78.0 cm³/mol. The summed E-state index contributed by atoms with van der Waals surface area (Å²) in [6.45, 7) is 1.96. The van der Waals surface area contributed by atoms with Gasteiger partial charge in [0.25, 0.3) is 0 Å². The van der Waals surface area contributed by atoms with Crippen molar-refractivity contribution in [2.24, 2.45) is 0 Å². The molecule has 0 radical (unpaired) electrons. The van der Waals surface area contributed by atoms with Crippen LogP contribution >= 0.6 is 11.8 Å². The number of carbonyl (C=O) groups is 2. The summed E-state index contributed by atoms with van der Waals surface area (Å²) < 4.78 is 13.4. The number of carbonyl (C=O) groups excluding carboxylic acids is 1. The average molecular weight is 300 g/mol. The van der Waals surface area contributed by atoms with Gasteiger partial charge in [-0.2, -0.15) is 11.8 Å². The molecule has 3 N–H and O–H groups in total. The van der Waals surface area contributed by atoms with E-state index in [1.165, 1.54) is 6.07 Å². The summed E-state index contributed by atoms with van der Waals surface area (Å²) in [5.41, 5.74) is -0.214. The minimum Gasteiger partial charge on any atom is -0.478 e. The predicted octanol–water partition coefficient (Wildman–Crippen LogP) is 2.79. The van der Waals surface area contributed by atoms with Gasteiger partial charge in [-0.05, 0) is 30.9 Å². The standard InChI is InChI=1S/C13H17FN2O3S/c1-3-8(7-20-2)15-13(19)16-9-4-5-10(12(17)18)11(14)6-9/h4-6,8H,3,7H2,1-2H3,(H,17,18)(H2,15,16,19). The van der Waals surface area contributed by atoms with Crippen molar-refractivity contribution < 1.29 is 19.1 Å². The number of rotatable bonds is 6. The lowest BCUT2D eigenvalue weighted by Gasteiger charge is -2.16. The van der Waals surface area contributed by atoms with Crippen molar-refractivity contribution in [2.45, 2.75) is 19.4 Å². The number of carboxylic acid groups (broad SMARTS) is 1. The number of carboxylic acids is 1. The quantitative estimate of drug-likeness (QED) is 0.755. The molecule has 0 aromatic heterocycles. The highest BCUT2D eigenvalue weighted by atomic mass is 32.2. The van der Waals surface area contributed by atoms with E-state index < -0.39 is 23.4 Å². The van der Waals surface area contributed by atoms with Crippen LogP contribution in [0.3, 0.4) is 0 Å². The summed E-state index contributed by atoms with van der Waals surface area (Å²) in [5, 5.41) is 13.9. The van der Waals surface area contributed by atoms with Gasteiger partial charge < -0.3 is 15.7 Å². The van der Waals surface area contributed by atoms with E-state index in [0.29, 0.717) is 0 Å². The van der Waals surface area contributed by atoms with E-state index in [0.717, 1.165) is 24.3 Å². The summed E-state index contributed by atoms with van der Waals surface area (Å²) in [6, 6.07) is 3.05. The van der Waals surface area contributed by atoms with Gasteiger partial charge in [0.05, 0.1) is 5.56 Å². The number of halogens is 1. The number of anilines is 1. The first-order valence-electron chi connectivity index (χ1n) is 6.07. The largest absolute Gasteiger partial charge is 0.478 e. The lowest BCUT2D eigenvalue weighted by Crippen LogP contribution is -2.39. The van der Waals surface area contributed by atoms with Crippen LogP contribution in [0.25, 0.3) is 0 Å². The molecule has 0 saturated carbocycles. The maximum absolute atomic E-state index is 13.4. The van der Waals surface area contributed by atoms with Crippen LogP contribution < -0.4 is 10.6 Å².